The van der Waals surface area contributed by atoms with Gasteiger partial charge in [-0.25, -0.2) is 0 Å². The molecule has 0 saturated carbocycles. The van der Waals surface area contributed by atoms with Crippen LogP contribution in [0.4, 0.5) is 5.69 Å². The van der Waals surface area contributed by atoms with Crippen LogP contribution in [0.5, 0.6) is 0 Å². The Labute approximate surface area is 97.9 Å². The van der Waals surface area contributed by atoms with Crippen LogP contribution in [0.15, 0.2) is 28.7 Å². The van der Waals surface area contributed by atoms with Crippen LogP contribution in [0.1, 0.15) is 0 Å². The Kier molecular flexibility index (Phi) is 4.56. The smallest absolute Gasteiger partial charge is 0.264 e. The summed E-state index contributed by atoms with van der Waals surface area (Å²) >= 11 is 3.32. The molecule has 0 aliphatic carbocycles. The molecule has 0 amide bonds. The number of hydrogen-bond donors (Lipinski definition) is 1. The summed E-state index contributed by atoms with van der Waals surface area (Å²) in [5, 5.41) is 3.03. The van der Waals surface area contributed by atoms with E-state index in [0.29, 0.717) is 6.54 Å². The Balaban J connectivity index is 2.29. The lowest BCUT2D eigenvalue weighted by Gasteiger charge is -2.05. The average Bonchev–Trinajstić information content (AvgIpc) is 2.14. The summed E-state index contributed by atoms with van der Waals surface area (Å²) < 4.78 is 26.8. The molecule has 1 rings (SSSR count). The van der Waals surface area contributed by atoms with Gasteiger partial charge in [-0.2, -0.15) is 8.42 Å². The average molecular weight is 294 g/mol. The molecule has 0 spiro atoms. The lowest BCUT2D eigenvalue weighted by Crippen LogP contribution is -2.12. The number of anilines is 1. The Morgan fingerprint density at radius 3 is 2.47 bits per heavy atom. The van der Waals surface area contributed by atoms with E-state index in [9.17, 15) is 8.42 Å². The number of rotatable bonds is 5. The molecule has 0 saturated heterocycles. The van der Waals surface area contributed by atoms with Gasteiger partial charge in [-0.15, -0.1) is 0 Å². The largest absolute Gasteiger partial charge is 0.383 e. The molecule has 6 heteroatoms. The van der Waals surface area contributed by atoms with Gasteiger partial charge in [0.05, 0.1) is 12.9 Å². The quantitative estimate of drug-likeness (QED) is 0.665. The maximum Gasteiger partial charge on any atom is 0.264 e. The van der Waals surface area contributed by atoms with Gasteiger partial charge in [0, 0.05) is 16.7 Å². The second kappa shape index (κ2) is 5.48. The molecular formula is C9H12BrNO3S. The first-order valence-corrected chi connectivity index (χ1v) is 6.92. The second-order valence-electron chi connectivity index (χ2n) is 2.96. The predicted molar refractivity (Wildman–Crippen MR) is 63.4 cm³/mol. The van der Waals surface area contributed by atoms with Crippen molar-refractivity contribution >= 4 is 31.7 Å². The minimum atomic E-state index is -3.33. The second-order valence-corrected chi connectivity index (χ2v) is 5.52. The highest BCUT2D eigenvalue weighted by molar-refractivity contribution is 9.10. The van der Waals surface area contributed by atoms with Gasteiger partial charge in [0.2, 0.25) is 0 Å². The molecule has 0 aromatic heterocycles. The van der Waals surface area contributed by atoms with E-state index in [-0.39, 0.29) is 6.61 Å². The van der Waals surface area contributed by atoms with Gasteiger partial charge in [-0.1, -0.05) is 15.9 Å². The zero-order valence-corrected chi connectivity index (χ0v) is 10.6. The highest BCUT2D eigenvalue weighted by Crippen LogP contribution is 2.13. The molecule has 1 N–H and O–H groups in total. The maximum atomic E-state index is 10.6. The highest BCUT2D eigenvalue weighted by atomic mass is 79.9. The van der Waals surface area contributed by atoms with Gasteiger partial charge >= 0.3 is 0 Å². The third-order valence-corrected chi connectivity index (χ3v) is 2.70. The lowest BCUT2D eigenvalue weighted by molar-refractivity contribution is 0.335. The third kappa shape index (κ3) is 5.76. The SMILES string of the molecule is CS(=O)(=O)OCCNc1ccc(Br)cc1. The zero-order chi connectivity index (χ0) is 11.3. The monoisotopic (exact) mass is 293 g/mol. The molecule has 4 nitrogen and oxygen atoms in total. The van der Waals surface area contributed by atoms with Crippen LogP contribution in [0.25, 0.3) is 0 Å². The normalized spacial score (nSPS) is 11.3. The molecule has 0 unspecified atom stereocenters. The summed E-state index contributed by atoms with van der Waals surface area (Å²) in [5.41, 5.74) is 0.926. The van der Waals surface area contributed by atoms with Crippen molar-refractivity contribution in [2.45, 2.75) is 0 Å². The van der Waals surface area contributed by atoms with E-state index < -0.39 is 10.1 Å². The summed E-state index contributed by atoms with van der Waals surface area (Å²) in [6.45, 7) is 0.587. The van der Waals surface area contributed by atoms with Crippen LogP contribution < -0.4 is 5.32 Å². The van der Waals surface area contributed by atoms with Gasteiger partial charge in [0.1, 0.15) is 0 Å². The predicted octanol–water partition coefficient (Wildman–Crippen LogP) is 1.84. The molecule has 0 aliphatic heterocycles. The molecule has 0 fully saturated rings. The first-order chi connectivity index (χ1) is 6.97. The number of halogens is 1. The summed E-state index contributed by atoms with van der Waals surface area (Å²) in [6.07, 6.45) is 1.03. The Bertz CT molecular complexity index is 402. The fraction of sp³-hybridized carbons (Fsp3) is 0.333. The number of nitrogens with one attached hydrogen (secondary N) is 1. The van der Waals surface area contributed by atoms with E-state index in [1.54, 1.807) is 0 Å². The molecule has 84 valence electrons. The van der Waals surface area contributed by atoms with Crippen LogP contribution in [0.2, 0.25) is 0 Å². The van der Waals surface area contributed by atoms with Crippen molar-refractivity contribution in [2.24, 2.45) is 0 Å². The number of benzene rings is 1. The van der Waals surface area contributed by atoms with Gasteiger partial charge in [0.15, 0.2) is 0 Å². The van der Waals surface area contributed by atoms with Crippen LogP contribution in [-0.4, -0.2) is 27.8 Å². The van der Waals surface area contributed by atoms with E-state index in [1.807, 2.05) is 24.3 Å². The molecule has 0 heterocycles. The summed E-state index contributed by atoms with van der Waals surface area (Å²) in [4.78, 5) is 0. The van der Waals surface area contributed by atoms with Crippen molar-refractivity contribution in [2.75, 3.05) is 24.7 Å². The van der Waals surface area contributed by atoms with Gasteiger partial charge < -0.3 is 5.32 Å². The fourth-order valence-corrected chi connectivity index (χ4v) is 1.61. The van der Waals surface area contributed by atoms with Crippen molar-refractivity contribution < 1.29 is 12.6 Å². The first-order valence-electron chi connectivity index (χ1n) is 4.31. The molecule has 1 aromatic rings. The lowest BCUT2D eigenvalue weighted by atomic mass is 10.3. The van der Waals surface area contributed by atoms with Gasteiger partial charge in [-0.05, 0) is 24.3 Å². The Morgan fingerprint density at radius 1 is 1.33 bits per heavy atom. The Morgan fingerprint density at radius 2 is 1.93 bits per heavy atom. The van der Waals surface area contributed by atoms with Gasteiger partial charge in [0.25, 0.3) is 10.1 Å². The third-order valence-electron chi connectivity index (χ3n) is 1.57. The molecular weight excluding hydrogens is 282 g/mol. The van der Waals surface area contributed by atoms with E-state index in [4.69, 9.17) is 0 Å². The summed E-state index contributed by atoms with van der Waals surface area (Å²) in [6, 6.07) is 7.59. The van der Waals surface area contributed by atoms with E-state index >= 15 is 0 Å². The van der Waals surface area contributed by atoms with Crippen LogP contribution in [-0.2, 0) is 14.3 Å². The van der Waals surface area contributed by atoms with E-state index in [1.165, 1.54) is 0 Å². The summed E-state index contributed by atoms with van der Waals surface area (Å²) in [5.74, 6) is 0. The van der Waals surface area contributed by atoms with Crippen molar-refractivity contribution in [3.8, 4) is 0 Å². The van der Waals surface area contributed by atoms with Crippen molar-refractivity contribution in [1.82, 2.24) is 0 Å². The van der Waals surface area contributed by atoms with Crippen molar-refractivity contribution in [1.29, 1.82) is 0 Å². The molecule has 0 bridgehead atoms. The molecule has 0 aliphatic rings. The topological polar surface area (TPSA) is 55.4 Å². The highest BCUT2D eigenvalue weighted by Gasteiger charge is 2.00. The van der Waals surface area contributed by atoms with Crippen LogP contribution >= 0.6 is 15.9 Å². The number of hydrogen-bond acceptors (Lipinski definition) is 4. The summed E-state index contributed by atoms with van der Waals surface area (Å²) in [7, 11) is -3.33. The maximum absolute atomic E-state index is 10.6. The fourth-order valence-electron chi connectivity index (χ4n) is 0.956. The van der Waals surface area contributed by atoms with Crippen LogP contribution in [0.3, 0.4) is 0 Å². The van der Waals surface area contributed by atoms with E-state index in [0.717, 1.165) is 16.4 Å². The molecule has 1 aromatic carbocycles. The molecule has 15 heavy (non-hydrogen) atoms. The zero-order valence-electron chi connectivity index (χ0n) is 8.23. The van der Waals surface area contributed by atoms with Crippen molar-refractivity contribution in [3.63, 3.8) is 0 Å². The Hall–Kier alpha value is -0.590. The van der Waals surface area contributed by atoms with Crippen LogP contribution in [0, 0.1) is 0 Å². The molecule has 0 atom stereocenters. The molecule has 0 radical (unpaired) electrons. The standard InChI is InChI=1S/C9H12BrNO3S/c1-15(12,13)14-7-6-11-9-4-2-8(10)3-5-9/h2-5,11H,6-7H2,1H3. The van der Waals surface area contributed by atoms with Gasteiger partial charge in [-0.3, -0.25) is 4.18 Å². The minimum Gasteiger partial charge on any atom is -0.383 e. The van der Waals surface area contributed by atoms with E-state index in [2.05, 4.69) is 25.4 Å². The van der Waals surface area contributed by atoms with Crippen molar-refractivity contribution in [3.05, 3.63) is 28.7 Å². The minimum absolute atomic E-state index is 0.134. The first kappa shape index (κ1) is 12.5.